The van der Waals surface area contributed by atoms with Crippen LogP contribution in [0.3, 0.4) is 0 Å². The molecular formula is C20H27N3O5. The number of anilines is 1. The normalized spacial score (nSPS) is 21.2. The summed E-state index contributed by atoms with van der Waals surface area (Å²) in [5, 5.41) is 0. The van der Waals surface area contributed by atoms with E-state index in [4.69, 9.17) is 9.47 Å². The van der Waals surface area contributed by atoms with Crippen LogP contribution in [0.2, 0.25) is 0 Å². The van der Waals surface area contributed by atoms with Gasteiger partial charge in [0.1, 0.15) is 11.4 Å². The molecular weight excluding hydrogens is 362 g/mol. The van der Waals surface area contributed by atoms with Crippen molar-refractivity contribution in [2.24, 2.45) is 0 Å². The predicted molar refractivity (Wildman–Crippen MR) is 103 cm³/mol. The zero-order valence-electron chi connectivity index (χ0n) is 16.8. The Kier molecular flexibility index (Phi) is 5.60. The first kappa shape index (κ1) is 20.1. The molecule has 0 aliphatic carbocycles. The van der Waals surface area contributed by atoms with Gasteiger partial charge in [-0.25, -0.2) is 9.69 Å². The first-order valence-electron chi connectivity index (χ1n) is 9.42. The lowest BCUT2D eigenvalue weighted by Crippen LogP contribution is -2.54. The number of amides is 3. The van der Waals surface area contributed by atoms with Crippen molar-refractivity contribution >= 4 is 23.6 Å². The van der Waals surface area contributed by atoms with E-state index in [1.54, 1.807) is 36.3 Å². The average molecular weight is 389 g/mol. The van der Waals surface area contributed by atoms with E-state index in [2.05, 4.69) is 0 Å². The number of hydrogen-bond donors (Lipinski definition) is 0. The molecule has 0 spiro atoms. The van der Waals surface area contributed by atoms with Crippen molar-refractivity contribution in [1.82, 2.24) is 9.80 Å². The molecule has 152 valence electrons. The Morgan fingerprint density at radius 3 is 2.39 bits per heavy atom. The second kappa shape index (κ2) is 7.79. The van der Waals surface area contributed by atoms with E-state index >= 15 is 0 Å². The van der Waals surface area contributed by atoms with Crippen molar-refractivity contribution in [3.63, 3.8) is 0 Å². The summed E-state index contributed by atoms with van der Waals surface area (Å²) in [7, 11) is 1.54. The second-order valence-electron chi connectivity index (χ2n) is 7.99. The number of imide groups is 1. The maximum atomic E-state index is 12.9. The minimum Gasteiger partial charge on any atom is -0.497 e. The molecule has 0 unspecified atom stereocenters. The highest BCUT2D eigenvalue weighted by molar-refractivity contribution is 6.22. The van der Waals surface area contributed by atoms with Crippen molar-refractivity contribution in [2.75, 3.05) is 38.2 Å². The summed E-state index contributed by atoms with van der Waals surface area (Å²) in [6.45, 7) is 7.47. The largest absolute Gasteiger partial charge is 0.497 e. The molecule has 0 N–H and O–H groups in total. The van der Waals surface area contributed by atoms with Crippen LogP contribution >= 0.6 is 0 Å². The van der Waals surface area contributed by atoms with Gasteiger partial charge in [0.15, 0.2) is 0 Å². The molecule has 0 aromatic heterocycles. The molecule has 0 radical (unpaired) electrons. The molecule has 3 amide bonds. The molecule has 2 aliphatic heterocycles. The number of hydrogen-bond acceptors (Lipinski definition) is 6. The van der Waals surface area contributed by atoms with Crippen LogP contribution in [-0.4, -0.2) is 72.6 Å². The molecule has 2 fully saturated rings. The van der Waals surface area contributed by atoms with Gasteiger partial charge in [0.2, 0.25) is 5.91 Å². The predicted octanol–water partition coefficient (Wildman–Crippen LogP) is 1.88. The van der Waals surface area contributed by atoms with Crippen LogP contribution in [0.15, 0.2) is 24.3 Å². The van der Waals surface area contributed by atoms with Gasteiger partial charge in [-0.15, -0.1) is 0 Å². The minimum atomic E-state index is -0.542. The average Bonchev–Trinajstić information content (AvgIpc) is 2.94. The summed E-state index contributed by atoms with van der Waals surface area (Å²) in [6, 6.07) is 6.42. The van der Waals surface area contributed by atoms with Gasteiger partial charge in [-0.2, -0.15) is 0 Å². The summed E-state index contributed by atoms with van der Waals surface area (Å²) in [6.07, 6.45) is -0.207. The van der Waals surface area contributed by atoms with E-state index in [0.717, 1.165) is 0 Å². The van der Waals surface area contributed by atoms with E-state index in [-0.39, 0.29) is 24.3 Å². The van der Waals surface area contributed by atoms with Gasteiger partial charge in [-0.05, 0) is 32.9 Å². The van der Waals surface area contributed by atoms with Gasteiger partial charge in [0, 0.05) is 32.2 Å². The Morgan fingerprint density at radius 1 is 1.11 bits per heavy atom. The Hall–Kier alpha value is -2.61. The molecule has 2 heterocycles. The minimum absolute atomic E-state index is 0.141. The summed E-state index contributed by atoms with van der Waals surface area (Å²) in [4.78, 5) is 42.5. The fraction of sp³-hybridized carbons (Fsp3) is 0.550. The molecule has 8 heteroatoms. The molecule has 8 nitrogen and oxygen atoms in total. The van der Waals surface area contributed by atoms with Gasteiger partial charge in [-0.1, -0.05) is 6.07 Å². The fourth-order valence-electron chi connectivity index (χ4n) is 3.46. The number of methoxy groups -OCH3 is 1. The highest BCUT2D eigenvalue weighted by Gasteiger charge is 2.43. The lowest BCUT2D eigenvalue weighted by molar-refractivity contribution is -0.123. The van der Waals surface area contributed by atoms with Gasteiger partial charge < -0.3 is 14.4 Å². The highest BCUT2D eigenvalue weighted by atomic mass is 16.6. The Balaban J connectivity index is 1.64. The Morgan fingerprint density at radius 2 is 1.79 bits per heavy atom. The number of carbonyl (C=O) groups is 3. The number of benzene rings is 1. The number of piperazine rings is 1. The molecule has 1 aromatic carbocycles. The standard InChI is InChI=1S/C20H27N3O5/c1-20(2,3)28-19(26)22-10-8-21(9-11-22)16-13-17(24)23(18(16)25)14-6-5-7-15(12-14)27-4/h5-7,12,16H,8-11,13H2,1-4H3/t16-/m1/s1. The van der Waals surface area contributed by atoms with E-state index in [1.807, 2.05) is 25.7 Å². The number of nitrogens with zero attached hydrogens (tertiary/aromatic N) is 3. The molecule has 28 heavy (non-hydrogen) atoms. The number of ether oxygens (including phenoxy) is 2. The highest BCUT2D eigenvalue weighted by Crippen LogP contribution is 2.28. The molecule has 0 saturated carbocycles. The number of carbonyl (C=O) groups excluding carboxylic acids is 3. The molecule has 0 bridgehead atoms. The van der Waals surface area contributed by atoms with Crippen molar-refractivity contribution in [1.29, 1.82) is 0 Å². The van der Waals surface area contributed by atoms with Crippen LogP contribution in [0.5, 0.6) is 5.75 Å². The molecule has 2 aliphatic rings. The van der Waals surface area contributed by atoms with Crippen LogP contribution in [0.25, 0.3) is 0 Å². The van der Waals surface area contributed by atoms with E-state index in [0.29, 0.717) is 37.6 Å². The Labute approximate surface area is 165 Å². The van der Waals surface area contributed by atoms with E-state index < -0.39 is 11.6 Å². The van der Waals surface area contributed by atoms with Crippen LogP contribution in [-0.2, 0) is 14.3 Å². The monoisotopic (exact) mass is 389 g/mol. The maximum absolute atomic E-state index is 12.9. The molecule has 3 rings (SSSR count). The first-order valence-corrected chi connectivity index (χ1v) is 9.42. The van der Waals surface area contributed by atoms with Gasteiger partial charge in [0.05, 0.1) is 25.3 Å². The quantitative estimate of drug-likeness (QED) is 0.735. The summed E-state index contributed by atoms with van der Waals surface area (Å²) >= 11 is 0. The third kappa shape index (κ3) is 4.27. The second-order valence-corrected chi connectivity index (χ2v) is 7.99. The van der Waals surface area contributed by atoms with Crippen molar-refractivity contribution in [2.45, 2.75) is 38.8 Å². The topological polar surface area (TPSA) is 79.4 Å². The SMILES string of the molecule is COc1cccc(N2C(=O)C[C@@H](N3CCN(C(=O)OC(C)(C)C)CC3)C2=O)c1. The van der Waals surface area contributed by atoms with Crippen LogP contribution in [0.4, 0.5) is 10.5 Å². The van der Waals surface area contributed by atoms with E-state index in [9.17, 15) is 14.4 Å². The summed E-state index contributed by atoms with van der Waals surface area (Å²) in [5.74, 6) is 0.134. The van der Waals surface area contributed by atoms with Gasteiger partial charge >= 0.3 is 6.09 Å². The zero-order valence-corrected chi connectivity index (χ0v) is 16.8. The van der Waals surface area contributed by atoms with Gasteiger partial charge in [-0.3, -0.25) is 14.5 Å². The third-order valence-corrected chi connectivity index (χ3v) is 4.84. The summed E-state index contributed by atoms with van der Waals surface area (Å²) in [5.41, 5.74) is -0.0245. The van der Waals surface area contributed by atoms with Crippen molar-refractivity contribution < 1.29 is 23.9 Å². The van der Waals surface area contributed by atoms with Crippen LogP contribution in [0, 0.1) is 0 Å². The lowest BCUT2D eigenvalue weighted by atomic mass is 10.1. The van der Waals surface area contributed by atoms with E-state index in [1.165, 1.54) is 4.90 Å². The molecule has 2 saturated heterocycles. The van der Waals surface area contributed by atoms with Crippen molar-refractivity contribution in [3.8, 4) is 5.75 Å². The van der Waals surface area contributed by atoms with Crippen LogP contribution < -0.4 is 9.64 Å². The maximum Gasteiger partial charge on any atom is 0.410 e. The lowest BCUT2D eigenvalue weighted by Gasteiger charge is -2.37. The van der Waals surface area contributed by atoms with Gasteiger partial charge in [0.25, 0.3) is 5.91 Å². The first-order chi connectivity index (χ1) is 13.2. The molecule has 1 aromatic rings. The third-order valence-electron chi connectivity index (χ3n) is 4.84. The zero-order chi connectivity index (χ0) is 20.5. The van der Waals surface area contributed by atoms with Crippen molar-refractivity contribution in [3.05, 3.63) is 24.3 Å². The Bertz CT molecular complexity index is 765. The fourth-order valence-corrected chi connectivity index (χ4v) is 3.46. The smallest absolute Gasteiger partial charge is 0.410 e. The molecule has 1 atom stereocenters. The summed E-state index contributed by atoms with van der Waals surface area (Å²) < 4.78 is 10.6. The van der Waals surface area contributed by atoms with Crippen LogP contribution in [0.1, 0.15) is 27.2 Å². The number of rotatable bonds is 3.